The van der Waals surface area contributed by atoms with E-state index in [9.17, 15) is 24.0 Å². The van der Waals surface area contributed by atoms with E-state index in [4.69, 9.17) is 4.74 Å². The summed E-state index contributed by atoms with van der Waals surface area (Å²) in [5.74, 6) is -1.61. The van der Waals surface area contributed by atoms with Crippen molar-refractivity contribution >= 4 is 29.4 Å². The number of hydrogen-bond donors (Lipinski definition) is 3. The number of benzene rings is 1. The lowest BCUT2D eigenvalue weighted by Gasteiger charge is -2.28. The zero-order valence-corrected chi connectivity index (χ0v) is 25.5. The molecule has 2 aliphatic heterocycles. The molecule has 2 saturated heterocycles. The predicted octanol–water partition coefficient (Wildman–Crippen LogP) is 2.03. The second-order valence-electron chi connectivity index (χ2n) is 12.9. The molecular formula is C31H46N4O6. The molecular weight excluding hydrogens is 524 g/mol. The molecule has 0 aliphatic carbocycles. The highest BCUT2D eigenvalue weighted by Crippen LogP contribution is 2.30. The van der Waals surface area contributed by atoms with E-state index in [1.165, 1.54) is 11.8 Å². The van der Waals surface area contributed by atoms with Gasteiger partial charge in [-0.1, -0.05) is 58.9 Å². The van der Waals surface area contributed by atoms with Crippen molar-refractivity contribution in [2.75, 3.05) is 19.7 Å². The van der Waals surface area contributed by atoms with Crippen LogP contribution in [-0.2, 0) is 40.5 Å². The lowest BCUT2D eigenvalue weighted by molar-refractivity contribution is -0.139. The predicted molar refractivity (Wildman–Crippen MR) is 155 cm³/mol. The van der Waals surface area contributed by atoms with Crippen molar-refractivity contribution in [2.45, 2.75) is 103 Å². The van der Waals surface area contributed by atoms with Gasteiger partial charge in [-0.25, -0.2) is 0 Å². The zero-order chi connectivity index (χ0) is 30.5. The van der Waals surface area contributed by atoms with Crippen molar-refractivity contribution in [1.82, 2.24) is 20.9 Å². The van der Waals surface area contributed by atoms with Gasteiger partial charge in [-0.15, -0.1) is 0 Å². The lowest BCUT2D eigenvalue weighted by Crippen LogP contribution is -2.57. The number of likely N-dealkylation sites (tertiary alicyclic amines) is 1. The number of nitrogens with one attached hydrogen (secondary N) is 3. The molecule has 10 nitrogen and oxygen atoms in total. The normalized spacial score (nSPS) is 21.7. The first kappa shape index (κ1) is 32.2. The number of hydrogen-bond acceptors (Lipinski definition) is 6. The summed E-state index contributed by atoms with van der Waals surface area (Å²) in [5, 5.41) is 8.27. The summed E-state index contributed by atoms with van der Waals surface area (Å²) >= 11 is 0. The van der Waals surface area contributed by atoms with Gasteiger partial charge < -0.3 is 25.6 Å². The van der Waals surface area contributed by atoms with E-state index in [0.717, 1.165) is 11.1 Å². The Hall–Kier alpha value is -3.27. The summed E-state index contributed by atoms with van der Waals surface area (Å²) in [4.78, 5) is 65.8. The molecule has 4 amide bonds. The minimum Gasteiger partial charge on any atom is -0.361 e. The highest BCUT2D eigenvalue weighted by Gasteiger charge is 2.50. The largest absolute Gasteiger partial charge is 0.361 e. The smallest absolute Gasteiger partial charge is 0.243 e. The molecule has 226 valence electrons. The molecule has 1 aromatic rings. The van der Waals surface area contributed by atoms with Gasteiger partial charge in [-0.2, -0.15) is 0 Å². The number of carbonyl (C=O) groups excluding carboxylic acids is 5. The molecule has 0 radical (unpaired) electrons. The van der Waals surface area contributed by atoms with E-state index in [-0.39, 0.29) is 41.9 Å². The minimum absolute atomic E-state index is 0.0370. The number of ether oxygens (including phenoxy) is 1. The molecule has 3 rings (SSSR count). The van der Waals surface area contributed by atoms with E-state index in [0.29, 0.717) is 32.4 Å². The second kappa shape index (κ2) is 13.1. The summed E-state index contributed by atoms with van der Waals surface area (Å²) < 4.78 is 5.36. The van der Waals surface area contributed by atoms with Crippen LogP contribution < -0.4 is 16.0 Å². The SMILES string of the molecule is CC(=O)NCC(=O)N1CCC[C@H]1C(=O)N[C@@H](Cc1ccc(C(C)(C)C)cc1)C(=O)N[C@@H](CC(C)C)C(=O)[C@@]1(C)CO1. The van der Waals surface area contributed by atoms with Crippen LogP contribution in [0.25, 0.3) is 0 Å². The first-order valence-corrected chi connectivity index (χ1v) is 14.5. The Morgan fingerprint density at radius 2 is 1.68 bits per heavy atom. The van der Waals surface area contributed by atoms with Gasteiger partial charge in [0.1, 0.15) is 17.7 Å². The molecule has 41 heavy (non-hydrogen) atoms. The summed E-state index contributed by atoms with van der Waals surface area (Å²) in [6.07, 6.45) is 1.75. The van der Waals surface area contributed by atoms with Crippen LogP contribution in [0.1, 0.15) is 78.9 Å². The van der Waals surface area contributed by atoms with Crippen LogP contribution in [0, 0.1) is 5.92 Å². The van der Waals surface area contributed by atoms with Gasteiger partial charge in [0.25, 0.3) is 0 Å². The van der Waals surface area contributed by atoms with Crippen LogP contribution in [0.3, 0.4) is 0 Å². The van der Waals surface area contributed by atoms with Crippen molar-refractivity contribution in [3.8, 4) is 0 Å². The van der Waals surface area contributed by atoms with Crippen molar-refractivity contribution < 1.29 is 28.7 Å². The molecule has 0 saturated carbocycles. The molecule has 2 fully saturated rings. The van der Waals surface area contributed by atoms with Gasteiger partial charge in [0, 0.05) is 19.9 Å². The molecule has 2 heterocycles. The van der Waals surface area contributed by atoms with Crippen LogP contribution in [0.15, 0.2) is 24.3 Å². The Labute approximate surface area is 243 Å². The van der Waals surface area contributed by atoms with Crippen LogP contribution in [0.4, 0.5) is 0 Å². The van der Waals surface area contributed by atoms with Crippen LogP contribution in [0.5, 0.6) is 0 Å². The fourth-order valence-corrected chi connectivity index (χ4v) is 5.09. The Morgan fingerprint density at radius 1 is 1.05 bits per heavy atom. The Balaban J connectivity index is 1.81. The lowest BCUT2D eigenvalue weighted by atomic mass is 9.86. The van der Waals surface area contributed by atoms with E-state index in [2.05, 4.69) is 36.7 Å². The van der Waals surface area contributed by atoms with E-state index < -0.39 is 35.5 Å². The molecule has 4 atom stereocenters. The molecule has 3 N–H and O–H groups in total. The molecule has 0 unspecified atom stereocenters. The Bertz CT molecular complexity index is 1140. The maximum absolute atomic E-state index is 13.7. The van der Waals surface area contributed by atoms with Gasteiger partial charge in [0.2, 0.25) is 23.6 Å². The van der Waals surface area contributed by atoms with Crippen molar-refractivity contribution in [2.24, 2.45) is 5.92 Å². The molecule has 0 spiro atoms. The Kier molecular flexibility index (Phi) is 10.3. The van der Waals surface area contributed by atoms with Crippen LogP contribution >= 0.6 is 0 Å². The van der Waals surface area contributed by atoms with Gasteiger partial charge in [0.05, 0.1) is 19.2 Å². The Morgan fingerprint density at radius 3 is 2.22 bits per heavy atom. The maximum Gasteiger partial charge on any atom is 0.243 e. The van der Waals surface area contributed by atoms with Gasteiger partial charge >= 0.3 is 0 Å². The van der Waals surface area contributed by atoms with Gasteiger partial charge in [-0.3, -0.25) is 24.0 Å². The number of Topliss-reactive ketones (excluding diaryl/α,β-unsaturated/α-hetero) is 1. The third kappa shape index (κ3) is 8.86. The van der Waals surface area contributed by atoms with Gasteiger partial charge in [-0.05, 0) is 48.6 Å². The number of ketones is 1. The molecule has 10 heteroatoms. The topological polar surface area (TPSA) is 137 Å². The van der Waals surface area contributed by atoms with Crippen molar-refractivity contribution in [3.63, 3.8) is 0 Å². The second-order valence-corrected chi connectivity index (χ2v) is 12.9. The number of epoxide rings is 1. The molecule has 2 aliphatic rings. The average Bonchev–Trinajstić information content (AvgIpc) is 3.44. The third-order valence-electron chi connectivity index (χ3n) is 7.70. The zero-order valence-electron chi connectivity index (χ0n) is 25.5. The molecule has 0 bridgehead atoms. The van der Waals surface area contributed by atoms with Crippen molar-refractivity contribution in [1.29, 1.82) is 0 Å². The number of rotatable bonds is 12. The van der Waals surface area contributed by atoms with E-state index >= 15 is 0 Å². The monoisotopic (exact) mass is 570 g/mol. The number of nitrogens with zero attached hydrogens (tertiary/aromatic N) is 1. The fraction of sp³-hybridized carbons (Fsp3) is 0.645. The summed E-state index contributed by atoms with van der Waals surface area (Å²) in [7, 11) is 0. The standard InChI is InChI=1S/C31H46N4O6/c1-19(2)15-23(27(38)31(7)18-41-31)33-28(39)24(16-21-10-12-22(13-11-21)30(4,5)6)34-29(40)25-9-8-14-35(25)26(37)17-32-20(3)36/h10-13,19,23-25H,8-9,14-18H2,1-7H3,(H,32,36)(H,33,39)(H,34,40)/t23-,24-,25-,31+/m0/s1. The first-order valence-electron chi connectivity index (χ1n) is 14.5. The average molecular weight is 571 g/mol. The quantitative estimate of drug-likeness (QED) is 0.329. The van der Waals surface area contributed by atoms with Crippen LogP contribution in [-0.4, -0.2) is 77.7 Å². The summed E-state index contributed by atoms with van der Waals surface area (Å²) in [6.45, 7) is 13.9. The van der Waals surface area contributed by atoms with E-state index in [1.54, 1.807) is 6.92 Å². The third-order valence-corrected chi connectivity index (χ3v) is 7.70. The highest BCUT2D eigenvalue weighted by molar-refractivity contribution is 5.98. The highest BCUT2D eigenvalue weighted by atomic mass is 16.6. The maximum atomic E-state index is 13.7. The first-order chi connectivity index (χ1) is 19.1. The molecule has 0 aromatic heterocycles. The van der Waals surface area contributed by atoms with Crippen molar-refractivity contribution in [3.05, 3.63) is 35.4 Å². The molecule has 1 aromatic carbocycles. The van der Waals surface area contributed by atoms with Crippen LogP contribution in [0.2, 0.25) is 0 Å². The fourth-order valence-electron chi connectivity index (χ4n) is 5.09. The van der Waals surface area contributed by atoms with Gasteiger partial charge in [0.15, 0.2) is 5.78 Å². The number of amides is 4. The minimum atomic E-state index is -0.966. The van der Waals surface area contributed by atoms with E-state index in [1.807, 2.05) is 38.1 Å². The number of carbonyl (C=O) groups is 5. The summed E-state index contributed by atoms with van der Waals surface area (Å²) in [6, 6.07) is 5.46. The summed E-state index contributed by atoms with van der Waals surface area (Å²) in [5.41, 5.74) is 1.07.